The number of furan rings is 1. The van der Waals surface area contributed by atoms with E-state index in [4.69, 9.17) is 16.0 Å². The molecule has 2 rings (SSSR count). The van der Waals surface area contributed by atoms with Crippen molar-refractivity contribution in [3.63, 3.8) is 0 Å². The van der Waals surface area contributed by atoms with E-state index in [-0.39, 0.29) is 0 Å². The van der Waals surface area contributed by atoms with Crippen LogP contribution < -0.4 is 0 Å². The minimum absolute atomic E-state index is 0.461. The number of pyridine rings is 1. The average Bonchev–Trinajstić information content (AvgIpc) is 2.33. The lowest BCUT2D eigenvalue weighted by Crippen LogP contribution is -1.70. The Hall–Kier alpha value is -1.02. The topological polar surface area (TPSA) is 26.0 Å². The molecule has 50 valence electrons. The first-order valence-corrected chi connectivity index (χ1v) is 3.23. The molecule has 0 bridgehead atoms. The Morgan fingerprint density at radius 2 is 2.40 bits per heavy atom. The van der Waals surface area contributed by atoms with E-state index in [9.17, 15) is 0 Å². The summed E-state index contributed by atoms with van der Waals surface area (Å²) in [6.45, 7) is 0. The molecule has 0 aliphatic rings. The van der Waals surface area contributed by atoms with Crippen molar-refractivity contribution in [3.05, 3.63) is 29.7 Å². The molecule has 0 atom stereocenters. The number of nitrogens with zero attached hydrogens (tertiary/aromatic N) is 1. The Kier molecular flexibility index (Phi) is 1.14. The van der Waals surface area contributed by atoms with Crippen LogP contribution in [0, 0.1) is 0 Å². The number of rotatable bonds is 0. The molecule has 0 aliphatic heterocycles. The van der Waals surface area contributed by atoms with Crippen LogP contribution in [0.4, 0.5) is 0 Å². The molecule has 0 fully saturated rings. The summed E-state index contributed by atoms with van der Waals surface area (Å²) in [5, 5.41) is 1.44. The third-order valence-corrected chi connectivity index (χ3v) is 1.51. The summed E-state index contributed by atoms with van der Waals surface area (Å²) in [6, 6.07) is 3.54. The maximum Gasteiger partial charge on any atom is 0.138 e. The summed E-state index contributed by atoms with van der Waals surface area (Å²) in [6.07, 6.45) is 3.30. The Morgan fingerprint density at radius 1 is 1.50 bits per heavy atom. The van der Waals surface area contributed by atoms with Gasteiger partial charge in [-0.2, -0.15) is 0 Å². The highest BCUT2D eigenvalue weighted by Gasteiger charge is 1.96. The second-order valence-electron chi connectivity index (χ2n) is 1.97. The summed E-state index contributed by atoms with van der Waals surface area (Å²) < 4.78 is 5.07. The fourth-order valence-electron chi connectivity index (χ4n) is 0.831. The van der Waals surface area contributed by atoms with Crippen molar-refractivity contribution in [3.8, 4) is 0 Å². The summed E-state index contributed by atoms with van der Waals surface area (Å²) in [4.78, 5) is 3.88. The molecule has 2 heterocycles. The van der Waals surface area contributed by atoms with E-state index in [1.807, 2.05) is 6.07 Å². The van der Waals surface area contributed by atoms with Crippen molar-refractivity contribution < 1.29 is 4.42 Å². The smallest absolute Gasteiger partial charge is 0.138 e. The number of hydrogen-bond acceptors (Lipinski definition) is 2. The van der Waals surface area contributed by atoms with Gasteiger partial charge in [-0.05, 0) is 6.07 Å². The monoisotopic (exact) mass is 153 g/mol. The van der Waals surface area contributed by atoms with Crippen LogP contribution in [-0.4, -0.2) is 4.98 Å². The van der Waals surface area contributed by atoms with Crippen molar-refractivity contribution in [2.75, 3.05) is 0 Å². The van der Waals surface area contributed by atoms with E-state index in [2.05, 4.69) is 4.98 Å². The largest absolute Gasteiger partial charge is 0.464 e. The minimum atomic E-state index is 0.461. The molecule has 0 saturated heterocycles. The molecule has 0 spiro atoms. The standard InChI is InChI=1S/C7H4ClNO/c8-7-3-6-5(4-9-7)1-2-10-6/h1-4H. The fraction of sp³-hybridized carbons (Fsp3) is 0. The van der Waals surface area contributed by atoms with Crippen molar-refractivity contribution in [2.24, 2.45) is 0 Å². The first-order valence-electron chi connectivity index (χ1n) is 2.85. The third-order valence-electron chi connectivity index (χ3n) is 1.30. The third kappa shape index (κ3) is 0.772. The van der Waals surface area contributed by atoms with Gasteiger partial charge in [-0.1, -0.05) is 11.6 Å². The quantitative estimate of drug-likeness (QED) is 0.544. The lowest BCUT2D eigenvalue weighted by Gasteiger charge is -1.86. The van der Waals surface area contributed by atoms with E-state index < -0.39 is 0 Å². The van der Waals surface area contributed by atoms with Gasteiger partial charge in [-0.3, -0.25) is 0 Å². The van der Waals surface area contributed by atoms with Gasteiger partial charge in [0.05, 0.1) is 6.26 Å². The second-order valence-corrected chi connectivity index (χ2v) is 2.35. The van der Waals surface area contributed by atoms with Crippen molar-refractivity contribution in [2.45, 2.75) is 0 Å². The zero-order valence-corrected chi connectivity index (χ0v) is 5.80. The van der Waals surface area contributed by atoms with Crippen molar-refractivity contribution in [1.29, 1.82) is 0 Å². The molecular weight excluding hydrogens is 150 g/mol. The maximum atomic E-state index is 5.60. The molecular formula is C7H4ClNO. The van der Waals surface area contributed by atoms with Gasteiger partial charge in [-0.25, -0.2) is 4.98 Å². The van der Waals surface area contributed by atoms with Crippen LogP contribution in [0.3, 0.4) is 0 Å². The molecule has 0 radical (unpaired) electrons. The predicted octanol–water partition coefficient (Wildman–Crippen LogP) is 2.48. The second kappa shape index (κ2) is 1.99. The molecule has 0 N–H and O–H groups in total. The van der Waals surface area contributed by atoms with Crippen LogP contribution in [0.5, 0.6) is 0 Å². The summed E-state index contributed by atoms with van der Waals surface area (Å²) >= 11 is 5.60. The molecule has 2 nitrogen and oxygen atoms in total. The minimum Gasteiger partial charge on any atom is -0.464 e. The van der Waals surface area contributed by atoms with E-state index in [0.29, 0.717) is 5.15 Å². The van der Waals surface area contributed by atoms with Crippen LogP contribution in [0.25, 0.3) is 11.0 Å². The first-order chi connectivity index (χ1) is 4.86. The van der Waals surface area contributed by atoms with Crippen LogP contribution >= 0.6 is 11.6 Å². The van der Waals surface area contributed by atoms with Gasteiger partial charge in [0.15, 0.2) is 0 Å². The molecule has 0 aromatic carbocycles. The highest BCUT2D eigenvalue weighted by atomic mass is 35.5. The van der Waals surface area contributed by atoms with Gasteiger partial charge in [0.1, 0.15) is 10.7 Å². The highest BCUT2D eigenvalue weighted by Crippen LogP contribution is 2.16. The van der Waals surface area contributed by atoms with E-state index in [1.54, 1.807) is 18.5 Å². The van der Waals surface area contributed by atoms with Crippen LogP contribution in [0.2, 0.25) is 5.15 Å². The van der Waals surface area contributed by atoms with Gasteiger partial charge < -0.3 is 4.42 Å². The van der Waals surface area contributed by atoms with E-state index in [1.165, 1.54) is 0 Å². The molecule has 2 aromatic rings. The fourth-order valence-corrected chi connectivity index (χ4v) is 0.979. The molecule has 0 amide bonds. The number of aromatic nitrogens is 1. The van der Waals surface area contributed by atoms with Gasteiger partial charge in [-0.15, -0.1) is 0 Å². The predicted molar refractivity (Wildman–Crippen MR) is 39.0 cm³/mol. The van der Waals surface area contributed by atoms with Gasteiger partial charge in [0, 0.05) is 17.6 Å². The number of hydrogen-bond donors (Lipinski definition) is 0. The Labute approximate surface area is 62.4 Å². The van der Waals surface area contributed by atoms with Gasteiger partial charge in [0.2, 0.25) is 0 Å². The molecule has 10 heavy (non-hydrogen) atoms. The number of halogens is 1. The van der Waals surface area contributed by atoms with E-state index >= 15 is 0 Å². The summed E-state index contributed by atoms with van der Waals surface area (Å²) in [5.74, 6) is 0. The Morgan fingerprint density at radius 3 is 3.30 bits per heavy atom. The van der Waals surface area contributed by atoms with Crippen molar-refractivity contribution >= 4 is 22.6 Å². The molecule has 0 saturated carbocycles. The summed E-state index contributed by atoms with van der Waals surface area (Å²) in [5.41, 5.74) is 0.778. The first kappa shape index (κ1) is 5.74. The Bertz CT molecular complexity index is 355. The Balaban J connectivity index is 2.86. The highest BCUT2D eigenvalue weighted by molar-refractivity contribution is 6.29. The lowest BCUT2D eigenvalue weighted by molar-refractivity contribution is 0.615. The SMILES string of the molecule is Clc1cc2occc2cn1. The zero-order valence-electron chi connectivity index (χ0n) is 5.04. The van der Waals surface area contributed by atoms with Crippen molar-refractivity contribution in [1.82, 2.24) is 4.98 Å². The maximum absolute atomic E-state index is 5.60. The molecule has 0 unspecified atom stereocenters. The van der Waals surface area contributed by atoms with Crippen LogP contribution in [0.15, 0.2) is 29.0 Å². The van der Waals surface area contributed by atoms with E-state index in [0.717, 1.165) is 11.0 Å². The molecule has 3 heteroatoms. The van der Waals surface area contributed by atoms with Crippen LogP contribution in [-0.2, 0) is 0 Å². The van der Waals surface area contributed by atoms with Gasteiger partial charge in [0.25, 0.3) is 0 Å². The lowest BCUT2D eigenvalue weighted by atomic mass is 10.3. The molecule has 0 aliphatic carbocycles. The average molecular weight is 154 g/mol. The normalized spacial score (nSPS) is 10.5. The molecule has 2 aromatic heterocycles. The van der Waals surface area contributed by atoms with Gasteiger partial charge >= 0.3 is 0 Å². The van der Waals surface area contributed by atoms with Crippen LogP contribution in [0.1, 0.15) is 0 Å². The summed E-state index contributed by atoms with van der Waals surface area (Å²) in [7, 11) is 0. The zero-order chi connectivity index (χ0) is 6.97. The number of fused-ring (bicyclic) bond motifs is 1.